The molecule has 0 aliphatic heterocycles. The molecule has 0 aromatic heterocycles. The lowest BCUT2D eigenvalue weighted by Crippen LogP contribution is -2.22. The Morgan fingerprint density at radius 3 is 2.76 bits per heavy atom. The molecule has 0 saturated carbocycles. The standard InChI is InChI=1S/C14H18BrNO/c1-5-6-17-14-11(4)7-13(15)8-12(14)9-16-10(2)3/h1,7-8,10,16H,6,9H2,2-4H3. The number of aryl methyl sites for hydroxylation is 1. The summed E-state index contributed by atoms with van der Waals surface area (Å²) in [5.41, 5.74) is 2.22. The van der Waals surface area contributed by atoms with Crippen molar-refractivity contribution in [2.24, 2.45) is 0 Å². The molecule has 0 heterocycles. The Bertz CT molecular complexity index is 421. The summed E-state index contributed by atoms with van der Waals surface area (Å²) in [6.45, 7) is 7.34. The SMILES string of the molecule is C#CCOc1c(C)cc(Br)cc1CNC(C)C. The zero-order valence-electron chi connectivity index (χ0n) is 10.5. The number of ether oxygens (including phenoxy) is 1. The normalized spacial score (nSPS) is 10.4. The van der Waals surface area contributed by atoms with Gasteiger partial charge in [0, 0.05) is 22.6 Å². The monoisotopic (exact) mass is 295 g/mol. The number of rotatable bonds is 5. The molecular formula is C14H18BrNO. The van der Waals surface area contributed by atoms with Gasteiger partial charge in [0.1, 0.15) is 12.4 Å². The van der Waals surface area contributed by atoms with Gasteiger partial charge in [-0.05, 0) is 24.6 Å². The lowest BCUT2D eigenvalue weighted by molar-refractivity contribution is 0.361. The highest BCUT2D eigenvalue weighted by Crippen LogP contribution is 2.28. The molecule has 0 saturated heterocycles. The molecule has 1 aromatic carbocycles. The van der Waals surface area contributed by atoms with E-state index in [1.54, 1.807) is 0 Å². The maximum atomic E-state index is 5.61. The van der Waals surface area contributed by atoms with Crippen molar-refractivity contribution < 1.29 is 4.74 Å². The van der Waals surface area contributed by atoms with E-state index in [9.17, 15) is 0 Å². The summed E-state index contributed by atoms with van der Waals surface area (Å²) < 4.78 is 6.67. The quantitative estimate of drug-likeness (QED) is 0.842. The minimum atomic E-state index is 0.303. The zero-order chi connectivity index (χ0) is 12.8. The first-order chi connectivity index (χ1) is 8.04. The van der Waals surface area contributed by atoms with E-state index in [-0.39, 0.29) is 0 Å². The topological polar surface area (TPSA) is 21.3 Å². The van der Waals surface area contributed by atoms with Crippen LogP contribution in [-0.4, -0.2) is 12.6 Å². The van der Waals surface area contributed by atoms with E-state index in [0.29, 0.717) is 12.6 Å². The highest BCUT2D eigenvalue weighted by atomic mass is 79.9. The third-order valence-electron chi connectivity index (χ3n) is 2.32. The number of benzene rings is 1. The molecule has 1 aromatic rings. The average Bonchev–Trinajstić information content (AvgIpc) is 2.24. The summed E-state index contributed by atoms with van der Waals surface area (Å²) in [4.78, 5) is 0. The van der Waals surface area contributed by atoms with Gasteiger partial charge in [0.05, 0.1) is 0 Å². The second-order valence-electron chi connectivity index (χ2n) is 4.24. The highest BCUT2D eigenvalue weighted by molar-refractivity contribution is 9.10. The Kier molecular flexibility index (Phi) is 5.54. The summed E-state index contributed by atoms with van der Waals surface area (Å²) >= 11 is 3.50. The van der Waals surface area contributed by atoms with E-state index in [1.807, 2.05) is 13.0 Å². The van der Waals surface area contributed by atoms with Gasteiger partial charge in [0.2, 0.25) is 0 Å². The molecule has 17 heavy (non-hydrogen) atoms. The first kappa shape index (κ1) is 14.1. The maximum Gasteiger partial charge on any atom is 0.148 e. The summed E-state index contributed by atoms with van der Waals surface area (Å²) in [6, 6.07) is 4.54. The van der Waals surface area contributed by atoms with Gasteiger partial charge in [0.15, 0.2) is 0 Å². The first-order valence-corrected chi connectivity index (χ1v) is 6.42. The van der Waals surface area contributed by atoms with E-state index in [4.69, 9.17) is 11.2 Å². The van der Waals surface area contributed by atoms with Crippen molar-refractivity contribution in [2.45, 2.75) is 33.4 Å². The minimum Gasteiger partial charge on any atom is -0.480 e. The smallest absolute Gasteiger partial charge is 0.148 e. The van der Waals surface area contributed by atoms with Gasteiger partial charge >= 0.3 is 0 Å². The zero-order valence-corrected chi connectivity index (χ0v) is 12.1. The molecule has 0 fully saturated rings. The average molecular weight is 296 g/mol. The molecule has 2 nitrogen and oxygen atoms in total. The third kappa shape index (κ3) is 4.41. The van der Waals surface area contributed by atoms with Crippen LogP contribution in [0.5, 0.6) is 5.75 Å². The Balaban J connectivity index is 2.94. The molecule has 0 bridgehead atoms. The van der Waals surface area contributed by atoms with Gasteiger partial charge in [-0.3, -0.25) is 0 Å². The second-order valence-corrected chi connectivity index (χ2v) is 5.16. The van der Waals surface area contributed by atoms with Crippen molar-refractivity contribution in [3.05, 3.63) is 27.7 Å². The predicted molar refractivity (Wildman–Crippen MR) is 75.2 cm³/mol. The van der Waals surface area contributed by atoms with Gasteiger partial charge in [0.25, 0.3) is 0 Å². The molecule has 0 aliphatic carbocycles. The van der Waals surface area contributed by atoms with Crippen LogP contribution in [0.2, 0.25) is 0 Å². The van der Waals surface area contributed by atoms with Crippen LogP contribution < -0.4 is 10.1 Å². The first-order valence-electron chi connectivity index (χ1n) is 5.63. The highest BCUT2D eigenvalue weighted by Gasteiger charge is 2.09. The fourth-order valence-electron chi connectivity index (χ4n) is 1.57. The second kappa shape index (κ2) is 6.68. The fraction of sp³-hybridized carbons (Fsp3) is 0.429. The van der Waals surface area contributed by atoms with Crippen LogP contribution in [0.3, 0.4) is 0 Å². The number of hydrogen-bond donors (Lipinski definition) is 1. The molecule has 0 radical (unpaired) electrons. The predicted octanol–water partition coefficient (Wildman–Crippen LogP) is 3.27. The summed E-state index contributed by atoms with van der Waals surface area (Å²) in [6.07, 6.45) is 5.23. The largest absolute Gasteiger partial charge is 0.480 e. The van der Waals surface area contributed by atoms with Crippen LogP contribution in [0, 0.1) is 19.3 Å². The molecular weight excluding hydrogens is 278 g/mol. The van der Waals surface area contributed by atoms with Gasteiger partial charge in [-0.2, -0.15) is 0 Å². The van der Waals surface area contributed by atoms with Gasteiger partial charge < -0.3 is 10.1 Å². The molecule has 0 amide bonds. The molecule has 0 atom stereocenters. The van der Waals surface area contributed by atoms with Crippen molar-refractivity contribution in [3.8, 4) is 18.1 Å². The Hall–Kier alpha value is -0.980. The number of halogens is 1. The van der Waals surface area contributed by atoms with Crippen molar-refractivity contribution in [1.82, 2.24) is 5.32 Å². The molecule has 1 rings (SSSR count). The number of terminal acetylenes is 1. The summed E-state index contributed by atoms with van der Waals surface area (Å²) in [5, 5.41) is 3.38. The van der Waals surface area contributed by atoms with Gasteiger partial charge in [-0.25, -0.2) is 0 Å². The minimum absolute atomic E-state index is 0.303. The van der Waals surface area contributed by atoms with E-state index >= 15 is 0 Å². The Labute approximate surface area is 112 Å². The molecule has 0 spiro atoms. The Morgan fingerprint density at radius 1 is 1.47 bits per heavy atom. The molecule has 0 aliphatic rings. The van der Waals surface area contributed by atoms with E-state index in [1.165, 1.54) is 0 Å². The number of nitrogens with one attached hydrogen (secondary N) is 1. The summed E-state index contributed by atoms with van der Waals surface area (Å²) in [5.74, 6) is 3.38. The van der Waals surface area contributed by atoms with Crippen LogP contribution in [0.25, 0.3) is 0 Å². The molecule has 0 unspecified atom stereocenters. The van der Waals surface area contributed by atoms with Gasteiger partial charge in [-0.15, -0.1) is 6.42 Å². The van der Waals surface area contributed by atoms with Crippen LogP contribution >= 0.6 is 15.9 Å². The van der Waals surface area contributed by atoms with E-state index < -0.39 is 0 Å². The lowest BCUT2D eigenvalue weighted by atomic mass is 10.1. The van der Waals surface area contributed by atoms with E-state index in [0.717, 1.165) is 27.9 Å². The van der Waals surface area contributed by atoms with Crippen molar-refractivity contribution >= 4 is 15.9 Å². The van der Waals surface area contributed by atoms with Crippen LogP contribution in [0.1, 0.15) is 25.0 Å². The van der Waals surface area contributed by atoms with Gasteiger partial charge in [-0.1, -0.05) is 35.7 Å². The fourth-order valence-corrected chi connectivity index (χ4v) is 2.18. The Morgan fingerprint density at radius 2 is 2.18 bits per heavy atom. The van der Waals surface area contributed by atoms with Crippen molar-refractivity contribution in [3.63, 3.8) is 0 Å². The molecule has 1 N–H and O–H groups in total. The summed E-state index contributed by atoms with van der Waals surface area (Å²) in [7, 11) is 0. The number of hydrogen-bond acceptors (Lipinski definition) is 2. The maximum absolute atomic E-state index is 5.61. The van der Waals surface area contributed by atoms with Crippen LogP contribution in [0.4, 0.5) is 0 Å². The third-order valence-corrected chi connectivity index (χ3v) is 2.77. The lowest BCUT2D eigenvalue weighted by Gasteiger charge is -2.15. The molecule has 92 valence electrons. The molecule has 3 heteroatoms. The van der Waals surface area contributed by atoms with Crippen molar-refractivity contribution in [2.75, 3.05) is 6.61 Å². The van der Waals surface area contributed by atoms with E-state index in [2.05, 4.69) is 47.1 Å². The van der Waals surface area contributed by atoms with Crippen molar-refractivity contribution in [1.29, 1.82) is 0 Å². The van der Waals surface area contributed by atoms with Crippen LogP contribution in [-0.2, 0) is 6.54 Å². The van der Waals surface area contributed by atoms with Crippen LogP contribution in [0.15, 0.2) is 16.6 Å².